The maximum Gasteiger partial charge on any atom is 0.416 e. The lowest BCUT2D eigenvalue weighted by molar-refractivity contribution is -0.143. The molecular formula is C25H18F3N3O4S2. The Bertz CT molecular complexity index is 1340. The predicted molar refractivity (Wildman–Crippen MR) is 136 cm³/mol. The maximum atomic E-state index is 13.0. The molecule has 12 heteroatoms. The topological polar surface area (TPSA) is 86.8 Å². The van der Waals surface area contributed by atoms with Crippen LogP contribution in [-0.4, -0.2) is 50.3 Å². The van der Waals surface area contributed by atoms with Gasteiger partial charge >= 0.3 is 6.18 Å². The van der Waals surface area contributed by atoms with Gasteiger partial charge in [0.05, 0.1) is 16.9 Å². The van der Waals surface area contributed by atoms with Gasteiger partial charge in [-0.25, -0.2) is 0 Å². The number of carbonyl (C=O) groups excluding carboxylic acids is 4. The van der Waals surface area contributed by atoms with Crippen LogP contribution in [0.2, 0.25) is 0 Å². The number of allylic oxidation sites excluding steroid dienone is 2. The van der Waals surface area contributed by atoms with E-state index in [0.717, 1.165) is 40.4 Å². The average Bonchev–Trinajstić information content (AvgIpc) is 3.28. The first-order chi connectivity index (χ1) is 17.5. The van der Waals surface area contributed by atoms with Crippen molar-refractivity contribution in [1.82, 2.24) is 9.80 Å². The van der Waals surface area contributed by atoms with Crippen LogP contribution in [0.3, 0.4) is 0 Å². The molecule has 0 spiro atoms. The van der Waals surface area contributed by atoms with Crippen LogP contribution in [0.5, 0.6) is 0 Å². The molecule has 2 heterocycles. The van der Waals surface area contributed by atoms with Gasteiger partial charge in [0.15, 0.2) is 0 Å². The van der Waals surface area contributed by atoms with Gasteiger partial charge in [-0.05, 0) is 29.8 Å². The standard InChI is InChI=1S/C25H18F3N3O4S2/c26-25(27,28)16-9-5-10-17(12-16)29-20(32)14-30-21(33)13-18(22(30)34)31-23(35)19(37-24(31)36)11-4-8-15-6-2-1-3-7-15/h1-12,18H,13-14H2,(H,29,32)/b8-4+,19-11+/t18-/m1/s1. The van der Waals surface area contributed by atoms with Crippen LogP contribution >= 0.6 is 24.0 Å². The summed E-state index contributed by atoms with van der Waals surface area (Å²) in [7, 11) is 0. The molecule has 2 fully saturated rings. The quantitative estimate of drug-likeness (QED) is 0.332. The van der Waals surface area contributed by atoms with Crippen LogP contribution in [0.1, 0.15) is 17.5 Å². The number of imide groups is 1. The van der Waals surface area contributed by atoms with Crippen LogP contribution in [0.15, 0.2) is 71.7 Å². The van der Waals surface area contributed by atoms with E-state index in [2.05, 4.69) is 5.32 Å². The van der Waals surface area contributed by atoms with Crippen LogP contribution in [0.25, 0.3) is 6.08 Å². The van der Waals surface area contributed by atoms with Crippen LogP contribution in [0.4, 0.5) is 18.9 Å². The number of thioether (sulfide) groups is 1. The summed E-state index contributed by atoms with van der Waals surface area (Å²) in [6.07, 6.45) is 0.0660. The van der Waals surface area contributed by atoms with Crippen molar-refractivity contribution in [2.75, 3.05) is 11.9 Å². The second-order valence-corrected chi connectivity index (χ2v) is 9.68. The Hall–Kier alpha value is -3.77. The Balaban J connectivity index is 1.41. The summed E-state index contributed by atoms with van der Waals surface area (Å²) in [5.41, 5.74) is -0.175. The molecule has 0 bridgehead atoms. The van der Waals surface area contributed by atoms with Crippen LogP contribution in [-0.2, 0) is 25.4 Å². The molecule has 1 atom stereocenters. The third-order valence-electron chi connectivity index (χ3n) is 5.47. The summed E-state index contributed by atoms with van der Waals surface area (Å²) < 4.78 is 38.8. The molecule has 4 rings (SSSR count). The number of likely N-dealkylation sites (tertiary alicyclic amines) is 1. The first kappa shape index (κ1) is 26.3. The summed E-state index contributed by atoms with van der Waals surface area (Å²) in [5, 5.41) is 2.26. The molecule has 190 valence electrons. The van der Waals surface area contributed by atoms with E-state index in [9.17, 15) is 32.3 Å². The minimum Gasteiger partial charge on any atom is -0.325 e. The zero-order valence-electron chi connectivity index (χ0n) is 18.9. The fourth-order valence-corrected chi connectivity index (χ4v) is 5.03. The molecule has 0 aliphatic carbocycles. The zero-order chi connectivity index (χ0) is 26.7. The minimum atomic E-state index is -4.60. The molecule has 2 aliphatic heterocycles. The van der Waals surface area contributed by atoms with E-state index in [1.165, 1.54) is 6.07 Å². The maximum absolute atomic E-state index is 13.0. The number of halogens is 3. The van der Waals surface area contributed by atoms with Crippen molar-refractivity contribution in [1.29, 1.82) is 0 Å². The van der Waals surface area contributed by atoms with Crippen molar-refractivity contribution in [3.05, 3.63) is 82.8 Å². The van der Waals surface area contributed by atoms with Crippen molar-refractivity contribution in [2.45, 2.75) is 18.6 Å². The normalized spacial score (nSPS) is 19.5. The van der Waals surface area contributed by atoms with Gasteiger partial charge in [-0.2, -0.15) is 13.2 Å². The highest BCUT2D eigenvalue weighted by atomic mass is 32.2. The molecule has 7 nitrogen and oxygen atoms in total. The number of hydrogen-bond donors (Lipinski definition) is 1. The fraction of sp³-hybridized carbons (Fsp3) is 0.160. The predicted octanol–water partition coefficient (Wildman–Crippen LogP) is 4.23. The SMILES string of the molecule is O=C(CN1C(=O)C[C@@H](N2C(=O)/C(=C\C=C\c3ccccc3)SC2=S)C1=O)Nc1cccc(C(F)(F)F)c1. The number of benzene rings is 2. The molecular weight excluding hydrogens is 527 g/mol. The molecule has 2 aromatic rings. The lowest BCUT2D eigenvalue weighted by Gasteiger charge is -2.21. The number of hydrogen-bond acceptors (Lipinski definition) is 6. The summed E-state index contributed by atoms with van der Waals surface area (Å²) >= 11 is 6.26. The smallest absolute Gasteiger partial charge is 0.325 e. The summed E-state index contributed by atoms with van der Waals surface area (Å²) in [6.45, 7) is -0.713. The van der Waals surface area contributed by atoms with E-state index < -0.39 is 48.0 Å². The highest BCUT2D eigenvalue weighted by Crippen LogP contribution is 2.35. The number of nitrogens with zero attached hydrogens (tertiary/aromatic N) is 2. The largest absolute Gasteiger partial charge is 0.416 e. The number of thiocarbonyl (C=S) groups is 1. The molecule has 2 aliphatic rings. The molecule has 1 N–H and O–H groups in total. The minimum absolute atomic E-state index is 0.103. The third kappa shape index (κ3) is 5.97. The van der Waals surface area contributed by atoms with Gasteiger partial charge in [0, 0.05) is 5.69 Å². The van der Waals surface area contributed by atoms with E-state index in [1.807, 2.05) is 30.3 Å². The van der Waals surface area contributed by atoms with Crippen molar-refractivity contribution < 1.29 is 32.3 Å². The third-order valence-corrected chi connectivity index (χ3v) is 6.82. The molecule has 2 saturated heterocycles. The van der Waals surface area contributed by atoms with Crippen molar-refractivity contribution in [2.24, 2.45) is 0 Å². The van der Waals surface area contributed by atoms with E-state index >= 15 is 0 Å². The summed E-state index contributed by atoms with van der Waals surface area (Å²) in [6, 6.07) is 12.1. The number of carbonyl (C=O) groups is 4. The lowest BCUT2D eigenvalue weighted by Crippen LogP contribution is -2.45. The second-order valence-electron chi connectivity index (χ2n) is 8.01. The van der Waals surface area contributed by atoms with Gasteiger partial charge in [-0.3, -0.25) is 29.0 Å². The molecule has 0 radical (unpaired) electrons. The Morgan fingerprint density at radius 2 is 1.84 bits per heavy atom. The second kappa shape index (κ2) is 10.7. The lowest BCUT2D eigenvalue weighted by atomic mass is 10.2. The van der Waals surface area contributed by atoms with Gasteiger partial charge in [0.1, 0.15) is 16.9 Å². The van der Waals surface area contributed by atoms with Crippen molar-refractivity contribution in [3.63, 3.8) is 0 Å². The first-order valence-electron chi connectivity index (χ1n) is 10.8. The fourth-order valence-electron chi connectivity index (χ4n) is 3.72. The van der Waals surface area contributed by atoms with Crippen molar-refractivity contribution in [3.8, 4) is 0 Å². The molecule has 0 saturated carbocycles. The summed E-state index contributed by atoms with van der Waals surface area (Å²) in [4.78, 5) is 52.8. The van der Waals surface area contributed by atoms with Gasteiger partial charge in [-0.1, -0.05) is 72.5 Å². The van der Waals surface area contributed by atoms with E-state index in [0.29, 0.717) is 4.90 Å². The molecule has 37 heavy (non-hydrogen) atoms. The van der Waals surface area contributed by atoms with Gasteiger partial charge in [0.25, 0.3) is 11.8 Å². The molecule has 0 unspecified atom stereocenters. The molecule has 2 aromatic carbocycles. The average molecular weight is 546 g/mol. The van der Waals surface area contributed by atoms with Gasteiger partial charge < -0.3 is 5.32 Å². The van der Waals surface area contributed by atoms with E-state index in [1.54, 1.807) is 18.2 Å². The zero-order valence-corrected chi connectivity index (χ0v) is 20.5. The van der Waals surface area contributed by atoms with E-state index in [-0.39, 0.29) is 21.3 Å². The van der Waals surface area contributed by atoms with Gasteiger partial charge in [0.2, 0.25) is 11.8 Å². The Morgan fingerprint density at radius 3 is 2.54 bits per heavy atom. The number of alkyl halides is 3. The first-order valence-corrected chi connectivity index (χ1v) is 12.1. The molecule has 4 amide bonds. The van der Waals surface area contributed by atoms with E-state index in [4.69, 9.17) is 12.2 Å². The van der Waals surface area contributed by atoms with Crippen molar-refractivity contribution >= 4 is 63.7 Å². The number of anilines is 1. The summed E-state index contributed by atoms with van der Waals surface area (Å²) in [5.74, 6) is -2.88. The monoisotopic (exact) mass is 545 g/mol. The number of nitrogens with one attached hydrogen (secondary N) is 1. The molecule has 0 aromatic heterocycles. The Morgan fingerprint density at radius 1 is 1.11 bits per heavy atom. The van der Waals surface area contributed by atoms with Crippen LogP contribution < -0.4 is 5.32 Å². The Labute approximate surface area is 219 Å². The number of amides is 4. The van der Waals surface area contributed by atoms with Crippen LogP contribution in [0, 0.1) is 0 Å². The van der Waals surface area contributed by atoms with Gasteiger partial charge in [-0.15, -0.1) is 0 Å². The Kier molecular flexibility index (Phi) is 7.60. The highest BCUT2D eigenvalue weighted by Gasteiger charge is 2.48. The number of rotatable bonds is 6. The highest BCUT2D eigenvalue weighted by molar-refractivity contribution is 8.26.